The molecule has 0 fully saturated rings. The molecule has 0 saturated carbocycles. The molecular weight excluding hydrogens is 364 g/mol. The predicted octanol–water partition coefficient (Wildman–Crippen LogP) is 3.04. The van der Waals surface area contributed by atoms with Gasteiger partial charge in [-0.15, -0.1) is 11.3 Å². The molecule has 3 aromatic rings. The highest BCUT2D eigenvalue weighted by atomic mass is 32.1. The van der Waals surface area contributed by atoms with Gasteiger partial charge in [-0.25, -0.2) is 4.98 Å². The number of hydrogen-bond acceptors (Lipinski definition) is 6. The SMILES string of the molecule is COc1ccc(C(O)c2nc(C(=O)NCCOc3ccccc3)cs2)cc1. The average Bonchev–Trinajstić information content (AvgIpc) is 3.22. The molecule has 0 radical (unpaired) electrons. The van der Waals surface area contributed by atoms with E-state index in [-0.39, 0.29) is 11.6 Å². The fourth-order valence-corrected chi connectivity index (χ4v) is 3.20. The summed E-state index contributed by atoms with van der Waals surface area (Å²) in [5.74, 6) is 1.17. The molecule has 1 amide bonds. The molecule has 6 nitrogen and oxygen atoms in total. The molecule has 0 spiro atoms. The average molecular weight is 384 g/mol. The zero-order chi connectivity index (χ0) is 19.1. The number of aliphatic hydroxyl groups is 1. The number of methoxy groups -OCH3 is 1. The third-order valence-electron chi connectivity index (χ3n) is 3.82. The number of nitrogens with one attached hydrogen (secondary N) is 1. The van der Waals surface area contributed by atoms with Gasteiger partial charge in [0.2, 0.25) is 0 Å². The van der Waals surface area contributed by atoms with E-state index in [0.717, 1.165) is 5.75 Å². The molecule has 1 atom stereocenters. The summed E-state index contributed by atoms with van der Waals surface area (Å²) < 4.78 is 10.6. The van der Waals surface area contributed by atoms with Crippen LogP contribution < -0.4 is 14.8 Å². The van der Waals surface area contributed by atoms with Crippen LogP contribution in [0.3, 0.4) is 0 Å². The molecule has 0 aliphatic heterocycles. The van der Waals surface area contributed by atoms with E-state index in [0.29, 0.717) is 29.5 Å². The van der Waals surface area contributed by atoms with Gasteiger partial charge in [0.1, 0.15) is 34.9 Å². The minimum Gasteiger partial charge on any atom is -0.497 e. The van der Waals surface area contributed by atoms with Crippen LogP contribution in [0.15, 0.2) is 60.0 Å². The molecule has 0 aliphatic carbocycles. The number of benzene rings is 2. The first-order chi connectivity index (χ1) is 13.2. The van der Waals surface area contributed by atoms with E-state index < -0.39 is 6.10 Å². The Morgan fingerprint density at radius 1 is 1.15 bits per heavy atom. The Bertz CT molecular complexity index is 865. The highest BCUT2D eigenvalue weighted by Crippen LogP contribution is 2.26. The maximum Gasteiger partial charge on any atom is 0.270 e. The summed E-state index contributed by atoms with van der Waals surface area (Å²) in [5, 5.41) is 15.3. The Balaban J connectivity index is 1.52. The summed E-state index contributed by atoms with van der Waals surface area (Å²) in [4.78, 5) is 16.4. The summed E-state index contributed by atoms with van der Waals surface area (Å²) in [6.45, 7) is 0.725. The Morgan fingerprint density at radius 2 is 1.89 bits per heavy atom. The van der Waals surface area contributed by atoms with Crippen LogP contribution in [0.25, 0.3) is 0 Å². The fraction of sp³-hybridized carbons (Fsp3) is 0.200. The molecule has 7 heteroatoms. The molecule has 0 saturated heterocycles. The lowest BCUT2D eigenvalue weighted by molar-refractivity contribution is 0.0942. The minimum atomic E-state index is -0.885. The van der Waals surface area contributed by atoms with Crippen LogP contribution >= 0.6 is 11.3 Å². The lowest BCUT2D eigenvalue weighted by atomic mass is 10.1. The van der Waals surface area contributed by atoms with Crippen molar-refractivity contribution in [3.05, 3.63) is 76.2 Å². The number of aliphatic hydroxyl groups excluding tert-OH is 1. The molecule has 2 N–H and O–H groups in total. The monoisotopic (exact) mass is 384 g/mol. The number of ether oxygens (including phenoxy) is 2. The highest BCUT2D eigenvalue weighted by Gasteiger charge is 2.17. The first-order valence-electron chi connectivity index (χ1n) is 8.41. The van der Waals surface area contributed by atoms with Gasteiger partial charge >= 0.3 is 0 Å². The van der Waals surface area contributed by atoms with Crippen LogP contribution in [0.5, 0.6) is 11.5 Å². The highest BCUT2D eigenvalue weighted by molar-refractivity contribution is 7.09. The van der Waals surface area contributed by atoms with Crippen molar-refractivity contribution in [2.45, 2.75) is 6.10 Å². The van der Waals surface area contributed by atoms with Crippen LogP contribution in [0.2, 0.25) is 0 Å². The number of carbonyl (C=O) groups excluding carboxylic acids is 1. The first kappa shape index (κ1) is 18.9. The molecule has 1 aromatic heterocycles. The van der Waals surface area contributed by atoms with E-state index in [1.165, 1.54) is 11.3 Å². The van der Waals surface area contributed by atoms with Gasteiger partial charge in [-0.2, -0.15) is 0 Å². The lowest BCUT2D eigenvalue weighted by Crippen LogP contribution is -2.28. The Labute approximate surface area is 161 Å². The van der Waals surface area contributed by atoms with Gasteiger partial charge < -0.3 is 19.9 Å². The lowest BCUT2D eigenvalue weighted by Gasteiger charge is -2.08. The van der Waals surface area contributed by atoms with Gasteiger partial charge in [0, 0.05) is 5.38 Å². The van der Waals surface area contributed by atoms with Crippen molar-refractivity contribution in [3.8, 4) is 11.5 Å². The Morgan fingerprint density at radius 3 is 2.59 bits per heavy atom. The molecule has 3 rings (SSSR count). The largest absolute Gasteiger partial charge is 0.497 e. The predicted molar refractivity (Wildman–Crippen MR) is 103 cm³/mol. The summed E-state index contributed by atoms with van der Waals surface area (Å²) in [7, 11) is 1.59. The van der Waals surface area contributed by atoms with Crippen molar-refractivity contribution in [1.82, 2.24) is 10.3 Å². The number of rotatable bonds is 8. The second-order valence-corrected chi connectivity index (χ2v) is 6.55. The number of carbonyl (C=O) groups is 1. The van der Waals surface area contributed by atoms with Gasteiger partial charge in [-0.05, 0) is 29.8 Å². The molecule has 2 aromatic carbocycles. The van der Waals surface area contributed by atoms with E-state index in [4.69, 9.17) is 9.47 Å². The fourth-order valence-electron chi connectivity index (χ4n) is 2.39. The van der Waals surface area contributed by atoms with Crippen molar-refractivity contribution in [3.63, 3.8) is 0 Å². The summed E-state index contributed by atoms with van der Waals surface area (Å²) in [6, 6.07) is 16.5. The van der Waals surface area contributed by atoms with Crippen molar-refractivity contribution in [2.75, 3.05) is 20.3 Å². The third-order valence-corrected chi connectivity index (χ3v) is 4.72. The molecule has 0 bridgehead atoms. The molecule has 140 valence electrons. The van der Waals surface area contributed by atoms with E-state index in [9.17, 15) is 9.90 Å². The van der Waals surface area contributed by atoms with E-state index >= 15 is 0 Å². The maximum absolute atomic E-state index is 12.2. The van der Waals surface area contributed by atoms with Crippen molar-refractivity contribution in [1.29, 1.82) is 0 Å². The van der Waals surface area contributed by atoms with Gasteiger partial charge in [-0.3, -0.25) is 4.79 Å². The van der Waals surface area contributed by atoms with Gasteiger partial charge in [0.25, 0.3) is 5.91 Å². The number of nitrogens with zero attached hydrogens (tertiary/aromatic N) is 1. The second-order valence-electron chi connectivity index (χ2n) is 5.66. The summed E-state index contributed by atoms with van der Waals surface area (Å²) in [5.41, 5.74) is 0.968. The van der Waals surface area contributed by atoms with Crippen molar-refractivity contribution in [2.24, 2.45) is 0 Å². The number of amides is 1. The smallest absolute Gasteiger partial charge is 0.270 e. The topological polar surface area (TPSA) is 80.7 Å². The standard InChI is InChI=1S/C20H20N2O4S/c1-25-15-9-7-14(8-10-15)18(23)20-22-17(13-27-20)19(24)21-11-12-26-16-5-3-2-4-6-16/h2-10,13,18,23H,11-12H2,1H3,(H,21,24). The van der Waals surface area contributed by atoms with Crippen LogP contribution in [0.1, 0.15) is 27.2 Å². The van der Waals surface area contributed by atoms with Crippen LogP contribution in [0.4, 0.5) is 0 Å². The third kappa shape index (κ3) is 5.06. The number of thiazole rings is 1. The number of hydrogen-bond donors (Lipinski definition) is 2. The minimum absolute atomic E-state index is 0.280. The second kappa shape index (κ2) is 9.16. The quantitative estimate of drug-likeness (QED) is 0.584. The maximum atomic E-state index is 12.2. The zero-order valence-electron chi connectivity index (χ0n) is 14.8. The van der Waals surface area contributed by atoms with Crippen molar-refractivity contribution < 1.29 is 19.4 Å². The Hall–Kier alpha value is -2.90. The van der Waals surface area contributed by atoms with Crippen LogP contribution in [-0.2, 0) is 0 Å². The summed E-state index contributed by atoms with van der Waals surface area (Å²) >= 11 is 1.24. The van der Waals surface area contributed by atoms with Gasteiger partial charge in [0.05, 0.1) is 13.7 Å². The van der Waals surface area contributed by atoms with E-state index in [1.807, 2.05) is 30.3 Å². The molecule has 27 heavy (non-hydrogen) atoms. The van der Waals surface area contributed by atoms with Crippen LogP contribution in [-0.4, -0.2) is 36.3 Å². The first-order valence-corrected chi connectivity index (χ1v) is 9.29. The number of aromatic nitrogens is 1. The normalized spacial score (nSPS) is 11.6. The summed E-state index contributed by atoms with van der Waals surface area (Å²) in [6.07, 6.45) is -0.885. The van der Waals surface area contributed by atoms with E-state index in [2.05, 4.69) is 10.3 Å². The van der Waals surface area contributed by atoms with E-state index in [1.54, 1.807) is 36.8 Å². The molecule has 1 heterocycles. The molecule has 1 unspecified atom stereocenters. The van der Waals surface area contributed by atoms with Crippen LogP contribution in [0, 0.1) is 0 Å². The van der Waals surface area contributed by atoms with Gasteiger partial charge in [0.15, 0.2) is 0 Å². The van der Waals surface area contributed by atoms with Crippen molar-refractivity contribution >= 4 is 17.2 Å². The molecule has 0 aliphatic rings. The zero-order valence-corrected chi connectivity index (χ0v) is 15.6. The van der Waals surface area contributed by atoms with Gasteiger partial charge in [-0.1, -0.05) is 30.3 Å². The number of para-hydroxylation sites is 1. The molecular formula is C20H20N2O4S. The Kier molecular flexibility index (Phi) is 6.40.